The van der Waals surface area contributed by atoms with E-state index >= 15 is 0 Å². The lowest BCUT2D eigenvalue weighted by Gasteiger charge is -2.71. The molecular weight excluding hydrogens is 476 g/mol. The number of carbonyl (C=O) groups excluding carboxylic acids is 3. The normalized spacial score (nSPS) is 42.2. The number of ether oxygens (including phenoxy) is 4. The summed E-state index contributed by atoms with van der Waals surface area (Å²) in [5, 5.41) is 0. The molecule has 1 aromatic heterocycles. The molecule has 5 rings (SSSR count). The van der Waals surface area contributed by atoms with Crippen LogP contribution in [0.5, 0.6) is 0 Å². The summed E-state index contributed by atoms with van der Waals surface area (Å²) >= 11 is 0. The topological polar surface area (TPSA) is 101 Å². The molecule has 1 spiro atoms. The molecule has 8 heteroatoms. The Hall–Kier alpha value is -2.61. The first-order chi connectivity index (χ1) is 17.3. The van der Waals surface area contributed by atoms with Gasteiger partial charge in [-0.15, -0.1) is 0 Å². The number of rotatable bonds is 4. The van der Waals surface area contributed by atoms with Crippen LogP contribution in [0.2, 0.25) is 0 Å². The van der Waals surface area contributed by atoms with Gasteiger partial charge in [-0.05, 0) is 36.3 Å². The van der Waals surface area contributed by atoms with E-state index in [0.29, 0.717) is 6.42 Å². The zero-order valence-corrected chi connectivity index (χ0v) is 22.6. The van der Waals surface area contributed by atoms with E-state index < -0.39 is 34.1 Å². The average Bonchev–Trinajstić information content (AvgIpc) is 3.35. The maximum absolute atomic E-state index is 13.1. The van der Waals surface area contributed by atoms with Gasteiger partial charge >= 0.3 is 17.9 Å². The highest BCUT2D eigenvalue weighted by Crippen LogP contribution is 2.72. The molecule has 37 heavy (non-hydrogen) atoms. The van der Waals surface area contributed by atoms with Crippen LogP contribution in [0.1, 0.15) is 78.4 Å². The van der Waals surface area contributed by atoms with Crippen molar-refractivity contribution in [2.75, 3.05) is 7.11 Å². The molecule has 2 saturated carbocycles. The van der Waals surface area contributed by atoms with Gasteiger partial charge in [-0.1, -0.05) is 34.3 Å². The van der Waals surface area contributed by atoms with Crippen molar-refractivity contribution in [2.24, 2.45) is 28.1 Å². The van der Waals surface area contributed by atoms with Crippen molar-refractivity contribution in [1.29, 1.82) is 0 Å². The van der Waals surface area contributed by atoms with Gasteiger partial charge in [0.25, 0.3) is 0 Å². The number of furan rings is 1. The Morgan fingerprint density at radius 3 is 2.57 bits per heavy atom. The van der Waals surface area contributed by atoms with Crippen LogP contribution in [0.3, 0.4) is 0 Å². The summed E-state index contributed by atoms with van der Waals surface area (Å²) in [4.78, 5) is 37.9. The molecule has 0 amide bonds. The van der Waals surface area contributed by atoms with Gasteiger partial charge in [0, 0.05) is 41.6 Å². The van der Waals surface area contributed by atoms with Crippen LogP contribution < -0.4 is 0 Å². The summed E-state index contributed by atoms with van der Waals surface area (Å²) in [5.41, 5.74) is -0.836. The van der Waals surface area contributed by atoms with E-state index in [2.05, 4.69) is 34.3 Å². The first-order valence-corrected chi connectivity index (χ1v) is 13.1. The highest BCUT2D eigenvalue weighted by Gasteiger charge is 2.73. The van der Waals surface area contributed by atoms with Crippen molar-refractivity contribution in [1.82, 2.24) is 0 Å². The van der Waals surface area contributed by atoms with Gasteiger partial charge in [0.1, 0.15) is 17.8 Å². The zero-order valence-electron chi connectivity index (χ0n) is 22.6. The second-order valence-electron chi connectivity index (χ2n) is 12.4. The molecule has 2 bridgehead atoms. The number of hydrogen-bond donors (Lipinski definition) is 0. The molecule has 4 fully saturated rings. The fourth-order valence-electron chi connectivity index (χ4n) is 8.45. The molecule has 0 aromatic carbocycles. The zero-order chi connectivity index (χ0) is 27.0. The maximum Gasteiger partial charge on any atom is 0.309 e. The van der Waals surface area contributed by atoms with Gasteiger partial charge in [-0.2, -0.15) is 0 Å². The van der Waals surface area contributed by atoms with E-state index in [1.54, 1.807) is 12.5 Å². The third-order valence-electron chi connectivity index (χ3n) is 10.5. The minimum atomic E-state index is -0.949. The summed E-state index contributed by atoms with van der Waals surface area (Å²) in [6.07, 6.45) is 4.10. The minimum Gasteiger partial charge on any atom is -0.472 e. The Morgan fingerprint density at radius 1 is 1.22 bits per heavy atom. The van der Waals surface area contributed by atoms with Gasteiger partial charge in [-0.3, -0.25) is 14.4 Å². The fourth-order valence-corrected chi connectivity index (χ4v) is 8.45. The van der Waals surface area contributed by atoms with Crippen LogP contribution in [0.4, 0.5) is 0 Å². The van der Waals surface area contributed by atoms with Crippen LogP contribution >= 0.6 is 0 Å². The molecule has 0 N–H and O–H groups in total. The van der Waals surface area contributed by atoms with E-state index in [1.165, 1.54) is 14.0 Å². The van der Waals surface area contributed by atoms with E-state index in [9.17, 15) is 14.4 Å². The summed E-state index contributed by atoms with van der Waals surface area (Å²) in [5.74, 6) is -1.23. The Kier molecular flexibility index (Phi) is 5.94. The lowest BCUT2D eigenvalue weighted by atomic mass is 9.41. The fraction of sp³-hybridized carbons (Fsp3) is 0.690. The van der Waals surface area contributed by atoms with Gasteiger partial charge in [0.2, 0.25) is 0 Å². The molecule has 2 saturated heterocycles. The van der Waals surface area contributed by atoms with Crippen molar-refractivity contribution in [3.05, 3.63) is 36.3 Å². The number of methoxy groups -OCH3 is 1. The minimum absolute atomic E-state index is 0.00225. The lowest BCUT2D eigenvalue weighted by Crippen LogP contribution is -2.73. The molecule has 0 radical (unpaired) electrons. The van der Waals surface area contributed by atoms with Crippen LogP contribution in [-0.4, -0.2) is 42.8 Å². The van der Waals surface area contributed by atoms with Gasteiger partial charge in [-0.25, -0.2) is 0 Å². The Labute approximate surface area is 218 Å². The van der Waals surface area contributed by atoms with Crippen LogP contribution in [0.15, 0.2) is 35.2 Å². The summed E-state index contributed by atoms with van der Waals surface area (Å²) < 4.78 is 29.4. The standard InChI is InChI=1S/C29H38O8/c1-16-19-8-10-27(5)25(18-9-11-34-15-18)36-24(32)14-29(16,27)37-22-13-21(35-17(2)30)26(3,4)20(28(19,22)6)12-23(31)33-7/h9,11,15,19-22,25H,1,8,10,12-14H2,2-7H3. The monoisotopic (exact) mass is 514 g/mol. The van der Waals surface area contributed by atoms with Crippen LogP contribution in [-0.2, 0) is 33.3 Å². The molecular formula is C29H38O8. The highest BCUT2D eigenvalue weighted by molar-refractivity contribution is 5.74. The molecule has 4 aliphatic rings. The van der Waals surface area contributed by atoms with E-state index in [4.69, 9.17) is 23.4 Å². The first kappa shape index (κ1) is 26.0. The maximum atomic E-state index is 13.1. The van der Waals surface area contributed by atoms with Gasteiger partial charge < -0.3 is 23.4 Å². The van der Waals surface area contributed by atoms with Crippen molar-refractivity contribution < 1.29 is 37.7 Å². The second kappa shape index (κ2) is 8.45. The Morgan fingerprint density at radius 2 is 1.95 bits per heavy atom. The third-order valence-corrected chi connectivity index (χ3v) is 10.5. The van der Waals surface area contributed by atoms with Crippen LogP contribution in [0, 0.1) is 28.1 Å². The number of hydrogen-bond acceptors (Lipinski definition) is 8. The van der Waals surface area contributed by atoms with Gasteiger partial charge in [0.15, 0.2) is 0 Å². The smallest absolute Gasteiger partial charge is 0.309 e. The molecule has 8 nitrogen and oxygen atoms in total. The largest absolute Gasteiger partial charge is 0.472 e. The Balaban J connectivity index is 1.63. The summed E-state index contributed by atoms with van der Waals surface area (Å²) in [7, 11) is 1.39. The van der Waals surface area contributed by atoms with E-state index in [-0.39, 0.29) is 48.7 Å². The molecule has 2 aliphatic heterocycles. The highest BCUT2D eigenvalue weighted by atomic mass is 16.6. The average molecular weight is 515 g/mol. The van der Waals surface area contributed by atoms with Crippen molar-refractivity contribution in [2.45, 2.75) is 90.6 Å². The predicted molar refractivity (Wildman–Crippen MR) is 132 cm³/mol. The molecule has 1 aromatic rings. The SMILES string of the molecule is C=C1C2CCC3(C)C(c4ccoc4)OC(=O)CC13OC1CC(OC(C)=O)C(C)(C)C(CC(=O)OC)C12C. The van der Waals surface area contributed by atoms with Crippen molar-refractivity contribution in [3.8, 4) is 0 Å². The molecule has 3 heterocycles. The quantitative estimate of drug-likeness (QED) is 0.317. The number of cyclic esters (lactones) is 1. The van der Waals surface area contributed by atoms with Gasteiger partial charge in [0.05, 0.1) is 32.2 Å². The summed E-state index contributed by atoms with van der Waals surface area (Å²) in [6, 6.07) is 1.83. The predicted octanol–water partition coefficient (Wildman–Crippen LogP) is 4.92. The van der Waals surface area contributed by atoms with Crippen LogP contribution in [0.25, 0.3) is 0 Å². The number of esters is 3. The molecule has 8 atom stereocenters. The van der Waals surface area contributed by atoms with Crippen molar-refractivity contribution in [3.63, 3.8) is 0 Å². The Bertz CT molecular complexity index is 1120. The summed E-state index contributed by atoms with van der Waals surface area (Å²) in [6.45, 7) is 14.4. The first-order valence-electron chi connectivity index (χ1n) is 13.1. The molecule has 2 aliphatic carbocycles. The number of fused-ring (bicyclic) bond motifs is 3. The van der Waals surface area contributed by atoms with E-state index in [1.807, 2.05) is 6.07 Å². The lowest BCUT2D eigenvalue weighted by molar-refractivity contribution is -0.314. The van der Waals surface area contributed by atoms with Crippen molar-refractivity contribution >= 4 is 17.9 Å². The van der Waals surface area contributed by atoms with E-state index in [0.717, 1.165) is 24.0 Å². The molecule has 8 unspecified atom stereocenters. The third kappa shape index (κ3) is 3.47. The second-order valence-corrected chi connectivity index (χ2v) is 12.4. The number of carbonyl (C=O) groups is 3. The molecule has 202 valence electrons.